The van der Waals surface area contributed by atoms with Crippen molar-refractivity contribution in [2.45, 2.75) is 104 Å². The van der Waals surface area contributed by atoms with Crippen LogP contribution in [-0.4, -0.2) is 60.3 Å². The van der Waals surface area contributed by atoms with Crippen LogP contribution in [0.4, 0.5) is 4.79 Å². The number of hydrogen-bond acceptors (Lipinski definition) is 6. The van der Waals surface area contributed by atoms with Crippen molar-refractivity contribution in [1.29, 1.82) is 0 Å². The molecule has 8 heteroatoms. The van der Waals surface area contributed by atoms with E-state index in [0.29, 0.717) is 19.4 Å². The van der Waals surface area contributed by atoms with Gasteiger partial charge in [0.15, 0.2) is 5.60 Å². The molecule has 218 valence electrons. The normalized spacial score (nSPS) is 17.9. The fourth-order valence-electron chi connectivity index (χ4n) is 5.27. The van der Waals surface area contributed by atoms with Crippen LogP contribution in [0, 0.1) is 5.92 Å². The van der Waals surface area contributed by atoms with E-state index in [9.17, 15) is 14.4 Å². The van der Waals surface area contributed by atoms with Crippen molar-refractivity contribution in [3.8, 4) is 0 Å². The van der Waals surface area contributed by atoms with Crippen LogP contribution in [0.3, 0.4) is 0 Å². The summed E-state index contributed by atoms with van der Waals surface area (Å²) < 4.78 is 12.0. The van der Waals surface area contributed by atoms with Crippen molar-refractivity contribution in [3.05, 3.63) is 41.6 Å². The number of esters is 1. The van der Waals surface area contributed by atoms with E-state index in [-0.39, 0.29) is 11.6 Å². The Bertz CT molecular complexity index is 950. The molecule has 3 amide bonds. The average molecular weight is 545 g/mol. The number of benzene rings is 1. The molecule has 1 aromatic carbocycles. The Kier molecular flexibility index (Phi) is 13.7. The van der Waals surface area contributed by atoms with Gasteiger partial charge < -0.3 is 9.47 Å². The lowest BCUT2D eigenvalue weighted by atomic mass is 9.84. The summed E-state index contributed by atoms with van der Waals surface area (Å²) in [6, 6.07) is 7.87. The van der Waals surface area contributed by atoms with Gasteiger partial charge >= 0.3 is 17.9 Å². The van der Waals surface area contributed by atoms with Gasteiger partial charge in [0.25, 0.3) is 0 Å². The summed E-state index contributed by atoms with van der Waals surface area (Å²) in [5, 5.41) is 0.734. The second kappa shape index (κ2) is 16.4. The fraction of sp³-hybridized carbons (Fsp3) is 0.645. The average Bonchev–Trinajstić information content (AvgIpc) is 3.18. The first kappa shape index (κ1) is 32.5. The number of carbonyl (C=O) groups excluding carboxylic acids is 3. The summed E-state index contributed by atoms with van der Waals surface area (Å²) in [5.41, 5.74) is -0.556. The standard InChI is InChI=1S/C31H48N2O6/c1-7-11-13-17-21-31(37-5,29(35)39-23-24(9-3)18-12-8-2)27(10-4)32-26(22-25-19-15-14-16-20-25)28(34)33(38-6)30(32)36/h14-16,19-20,22,24,27H,7-13,17-18,21,23H2,1-6H3. The minimum absolute atomic E-state index is 0.136. The molecule has 1 aromatic rings. The molecule has 3 unspecified atom stereocenters. The minimum atomic E-state index is -1.44. The third-order valence-corrected chi connectivity index (χ3v) is 7.67. The SMILES string of the molecule is CCCCCCC(OC)(C(=O)OCC(CC)CCCC)C(CC)N1C(=O)N(OC)C(=O)C1=Cc1ccccc1. The van der Waals surface area contributed by atoms with E-state index in [1.165, 1.54) is 19.1 Å². The molecule has 1 fully saturated rings. The Morgan fingerprint density at radius 2 is 1.64 bits per heavy atom. The van der Waals surface area contributed by atoms with E-state index in [1.54, 1.807) is 6.08 Å². The van der Waals surface area contributed by atoms with E-state index >= 15 is 0 Å². The topological polar surface area (TPSA) is 85.4 Å². The number of hydroxylamine groups is 2. The molecule has 1 saturated heterocycles. The summed E-state index contributed by atoms with van der Waals surface area (Å²) in [6.45, 7) is 8.57. The first-order chi connectivity index (χ1) is 18.8. The fourth-order valence-corrected chi connectivity index (χ4v) is 5.27. The minimum Gasteiger partial charge on any atom is -0.463 e. The van der Waals surface area contributed by atoms with Gasteiger partial charge in [-0.05, 0) is 43.2 Å². The molecule has 1 heterocycles. The molecule has 0 N–H and O–H groups in total. The van der Waals surface area contributed by atoms with E-state index in [0.717, 1.165) is 62.0 Å². The summed E-state index contributed by atoms with van der Waals surface area (Å²) in [5.74, 6) is -0.811. The number of imide groups is 1. The number of urea groups is 1. The lowest BCUT2D eigenvalue weighted by molar-refractivity contribution is -0.179. The quantitative estimate of drug-likeness (QED) is 0.0880. The molecule has 0 bridgehead atoms. The molecule has 0 aromatic heterocycles. The molecule has 39 heavy (non-hydrogen) atoms. The van der Waals surface area contributed by atoms with Gasteiger partial charge in [0.1, 0.15) is 5.70 Å². The van der Waals surface area contributed by atoms with Crippen LogP contribution in [0.15, 0.2) is 36.0 Å². The molecule has 8 nitrogen and oxygen atoms in total. The summed E-state index contributed by atoms with van der Waals surface area (Å²) in [4.78, 5) is 47.5. The van der Waals surface area contributed by atoms with E-state index in [1.807, 2.05) is 37.3 Å². The first-order valence-electron chi connectivity index (χ1n) is 14.6. The molecule has 1 aliphatic heterocycles. The van der Waals surface area contributed by atoms with E-state index in [4.69, 9.17) is 14.3 Å². The highest BCUT2D eigenvalue weighted by Gasteiger charge is 2.56. The van der Waals surface area contributed by atoms with Crippen LogP contribution in [0.2, 0.25) is 0 Å². The van der Waals surface area contributed by atoms with Gasteiger partial charge in [-0.2, -0.15) is 0 Å². The van der Waals surface area contributed by atoms with Gasteiger partial charge in [-0.25, -0.2) is 9.59 Å². The first-order valence-corrected chi connectivity index (χ1v) is 14.6. The van der Waals surface area contributed by atoms with Gasteiger partial charge in [-0.15, -0.1) is 5.06 Å². The van der Waals surface area contributed by atoms with Crippen molar-refractivity contribution in [3.63, 3.8) is 0 Å². The summed E-state index contributed by atoms with van der Waals surface area (Å²) in [7, 11) is 2.78. The van der Waals surface area contributed by atoms with Crippen molar-refractivity contribution < 1.29 is 28.7 Å². The predicted molar refractivity (Wildman–Crippen MR) is 152 cm³/mol. The zero-order valence-corrected chi connectivity index (χ0v) is 24.7. The summed E-state index contributed by atoms with van der Waals surface area (Å²) in [6.07, 6.45) is 10.2. The summed E-state index contributed by atoms with van der Waals surface area (Å²) >= 11 is 0. The number of ether oxygens (including phenoxy) is 2. The number of nitrogens with zero attached hydrogens (tertiary/aromatic N) is 2. The zero-order chi connectivity index (χ0) is 28.8. The highest BCUT2D eigenvalue weighted by Crippen LogP contribution is 2.37. The third kappa shape index (κ3) is 7.92. The maximum absolute atomic E-state index is 14.0. The van der Waals surface area contributed by atoms with Gasteiger partial charge in [-0.3, -0.25) is 14.5 Å². The molecule has 2 rings (SSSR count). The molecule has 3 atom stereocenters. The Morgan fingerprint density at radius 3 is 2.21 bits per heavy atom. The molecule has 1 aliphatic rings. The zero-order valence-electron chi connectivity index (χ0n) is 24.7. The highest BCUT2D eigenvalue weighted by atomic mass is 16.7. The molecule has 0 aliphatic carbocycles. The maximum atomic E-state index is 14.0. The lowest BCUT2D eigenvalue weighted by Gasteiger charge is -2.41. The number of carbonyl (C=O) groups is 3. The van der Waals surface area contributed by atoms with E-state index < -0.39 is 29.6 Å². The van der Waals surface area contributed by atoms with Crippen molar-refractivity contribution >= 4 is 24.0 Å². The number of unbranched alkanes of at least 4 members (excludes halogenated alkanes) is 4. The molecule has 0 saturated carbocycles. The predicted octanol–water partition coefficient (Wildman–Crippen LogP) is 6.75. The third-order valence-electron chi connectivity index (χ3n) is 7.67. The molecule has 0 spiro atoms. The Morgan fingerprint density at radius 1 is 0.949 bits per heavy atom. The number of rotatable bonds is 18. The number of hydrogen-bond donors (Lipinski definition) is 0. The second-order valence-electron chi connectivity index (χ2n) is 10.2. The number of methoxy groups -OCH3 is 1. The van der Waals surface area contributed by atoms with Gasteiger partial charge in [0.2, 0.25) is 0 Å². The molecular weight excluding hydrogens is 496 g/mol. The lowest BCUT2D eigenvalue weighted by Crippen LogP contribution is -2.59. The van der Waals surface area contributed by atoms with Crippen LogP contribution in [0.5, 0.6) is 0 Å². The van der Waals surface area contributed by atoms with Crippen LogP contribution >= 0.6 is 0 Å². The second-order valence-corrected chi connectivity index (χ2v) is 10.2. The molecule has 0 radical (unpaired) electrons. The Hall–Kier alpha value is -2.71. The van der Waals surface area contributed by atoms with E-state index in [2.05, 4.69) is 20.8 Å². The number of amides is 3. The van der Waals surface area contributed by atoms with Gasteiger partial charge in [-0.1, -0.05) is 96.6 Å². The van der Waals surface area contributed by atoms with Crippen molar-refractivity contribution in [2.24, 2.45) is 5.92 Å². The van der Waals surface area contributed by atoms with Gasteiger partial charge in [0, 0.05) is 7.11 Å². The van der Waals surface area contributed by atoms with Gasteiger partial charge in [0.05, 0.1) is 19.8 Å². The van der Waals surface area contributed by atoms with Crippen LogP contribution in [-0.2, 0) is 23.9 Å². The maximum Gasteiger partial charge on any atom is 0.356 e. The molecular formula is C31H48N2O6. The smallest absolute Gasteiger partial charge is 0.356 e. The van der Waals surface area contributed by atoms with Crippen LogP contribution in [0.25, 0.3) is 6.08 Å². The largest absolute Gasteiger partial charge is 0.463 e. The highest BCUT2D eigenvalue weighted by molar-refractivity contribution is 6.13. The van der Waals surface area contributed by atoms with Crippen molar-refractivity contribution in [2.75, 3.05) is 20.8 Å². The van der Waals surface area contributed by atoms with Crippen molar-refractivity contribution in [1.82, 2.24) is 9.96 Å². The van der Waals surface area contributed by atoms with Crippen LogP contribution in [0.1, 0.15) is 97.5 Å². The monoisotopic (exact) mass is 544 g/mol. The Labute approximate surface area is 234 Å². The Balaban J connectivity index is 2.53. The van der Waals surface area contributed by atoms with Crippen LogP contribution < -0.4 is 0 Å².